The van der Waals surface area contributed by atoms with Crippen LogP contribution in [0.25, 0.3) is 0 Å². The molecule has 0 spiro atoms. The Morgan fingerprint density at radius 1 is 0.842 bits per heavy atom. The molecule has 0 aliphatic rings. The molecule has 3 atom stereocenters. The molecule has 5 N–H and O–H groups in total. The maximum atomic E-state index is 9.68. The van der Waals surface area contributed by atoms with Gasteiger partial charge in [0.05, 0.1) is 24.9 Å². The van der Waals surface area contributed by atoms with Crippen LogP contribution in [0.3, 0.4) is 0 Å². The molecule has 0 radical (unpaired) electrons. The summed E-state index contributed by atoms with van der Waals surface area (Å²) in [7, 11) is 0. The van der Waals surface area contributed by atoms with Crippen molar-refractivity contribution in [2.45, 2.75) is 89.4 Å². The van der Waals surface area contributed by atoms with Crippen molar-refractivity contribution in [2.24, 2.45) is 5.73 Å². The number of aliphatic hydroxyl groups excluding tert-OH is 3. The van der Waals surface area contributed by atoms with Gasteiger partial charge >= 0.3 is 0 Å². The van der Waals surface area contributed by atoms with Crippen molar-refractivity contribution in [1.82, 2.24) is 0 Å². The van der Waals surface area contributed by atoms with Crippen molar-refractivity contribution in [3.05, 3.63) is 0 Å². The van der Waals surface area contributed by atoms with E-state index < -0.39 is 18.2 Å². The first-order valence-corrected chi connectivity index (χ1v) is 7.86. The Hall–Kier alpha value is -0.160. The first kappa shape index (κ1) is 18.8. The Morgan fingerprint density at radius 2 is 1.32 bits per heavy atom. The molecule has 0 heterocycles. The second kappa shape index (κ2) is 12.9. The highest BCUT2D eigenvalue weighted by molar-refractivity contribution is 4.77. The molecule has 0 aliphatic heterocycles. The summed E-state index contributed by atoms with van der Waals surface area (Å²) in [5.41, 5.74) is 5.47. The van der Waals surface area contributed by atoms with E-state index in [0.717, 1.165) is 12.8 Å². The second-order valence-electron chi connectivity index (χ2n) is 5.52. The van der Waals surface area contributed by atoms with Crippen molar-refractivity contribution >= 4 is 0 Å². The highest BCUT2D eigenvalue weighted by atomic mass is 16.3. The highest BCUT2D eigenvalue weighted by Crippen LogP contribution is 2.13. The molecule has 0 aromatic heterocycles. The van der Waals surface area contributed by atoms with Crippen LogP contribution in [0.5, 0.6) is 0 Å². The van der Waals surface area contributed by atoms with Gasteiger partial charge in [0, 0.05) is 0 Å². The maximum absolute atomic E-state index is 9.68. The van der Waals surface area contributed by atoms with Crippen LogP contribution in [0, 0.1) is 0 Å². The zero-order valence-corrected chi connectivity index (χ0v) is 12.4. The molecule has 0 aliphatic carbocycles. The quantitative estimate of drug-likeness (QED) is 0.387. The number of hydrogen-bond donors (Lipinski definition) is 4. The summed E-state index contributed by atoms with van der Waals surface area (Å²) in [5, 5.41) is 28.0. The average molecular weight is 275 g/mol. The SMILES string of the molecule is CCCCCCCCCCCC(O)C(O)C(N)CO. The summed E-state index contributed by atoms with van der Waals surface area (Å²) in [6.45, 7) is 1.93. The molecule has 4 heteroatoms. The van der Waals surface area contributed by atoms with E-state index >= 15 is 0 Å². The Bertz CT molecular complexity index is 190. The molecule has 116 valence electrons. The van der Waals surface area contributed by atoms with Crippen molar-refractivity contribution in [3.63, 3.8) is 0 Å². The van der Waals surface area contributed by atoms with E-state index in [0.29, 0.717) is 6.42 Å². The van der Waals surface area contributed by atoms with Gasteiger partial charge in [0.1, 0.15) is 0 Å². The fourth-order valence-corrected chi connectivity index (χ4v) is 2.23. The van der Waals surface area contributed by atoms with E-state index in [1.54, 1.807) is 0 Å². The molecule has 0 saturated heterocycles. The molecule has 0 fully saturated rings. The third kappa shape index (κ3) is 10.3. The highest BCUT2D eigenvalue weighted by Gasteiger charge is 2.21. The normalized spacial score (nSPS) is 16.3. The van der Waals surface area contributed by atoms with Crippen LogP contribution in [0.2, 0.25) is 0 Å². The fraction of sp³-hybridized carbons (Fsp3) is 1.00. The lowest BCUT2D eigenvalue weighted by Gasteiger charge is -2.22. The van der Waals surface area contributed by atoms with Gasteiger partial charge in [-0.05, 0) is 6.42 Å². The lowest BCUT2D eigenvalue weighted by molar-refractivity contribution is -0.0121. The number of aliphatic hydroxyl groups is 3. The van der Waals surface area contributed by atoms with E-state index in [9.17, 15) is 10.2 Å². The van der Waals surface area contributed by atoms with Crippen molar-refractivity contribution in [3.8, 4) is 0 Å². The summed E-state index contributed by atoms with van der Waals surface area (Å²) in [5.74, 6) is 0. The van der Waals surface area contributed by atoms with Gasteiger partial charge in [-0.15, -0.1) is 0 Å². The molecule has 0 bridgehead atoms. The zero-order chi connectivity index (χ0) is 14.5. The minimum atomic E-state index is -1.01. The standard InChI is InChI=1S/C15H33NO3/c1-2-3-4-5-6-7-8-9-10-11-14(18)15(19)13(16)12-17/h13-15,17-19H,2-12,16H2,1H3. The lowest BCUT2D eigenvalue weighted by atomic mass is 10.00. The van der Waals surface area contributed by atoms with Gasteiger partial charge in [0.25, 0.3) is 0 Å². The van der Waals surface area contributed by atoms with E-state index in [1.807, 2.05) is 0 Å². The minimum Gasteiger partial charge on any atom is -0.395 e. The largest absolute Gasteiger partial charge is 0.395 e. The summed E-state index contributed by atoms with van der Waals surface area (Å²) >= 11 is 0. The topological polar surface area (TPSA) is 86.7 Å². The molecule has 0 rings (SSSR count). The van der Waals surface area contributed by atoms with E-state index in [-0.39, 0.29) is 6.61 Å². The van der Waals surface area contributed by atoms with Gasteiger partial charge in [0.15, 0.2) is 0 Å². The monoisotopic (exact) mass is 275 g/mol. The number of hydrogen-bond acceptors (Lipinski definition) is 4. The van der Waals surface area contributed by atoms with Gasteiger partial charge in [0.2, 0.25) is 0 Å². The molecule has 19 heavy (non-hydrogen) atoms. The van der Waals surface area contributed by atoms with Gasteiger partial charge in [-0.25, -0.2) is 0 Å². The number of rotatable bonds is 13. The molecule has 4 nitrogen and oxygen atoms in total. The van der Waals surface area contributed by atoms with Gasteiger partial charge in [-0.2, -0.15) is 0 Å². The summed E-state index contributed by atoms with van der Waals surface area (Å²) in [4.78, 5) is 0. The molecule has 0 aromatic carbocycles. The first-order valence-electron chi connectivity index (χ1n) is 7.86. The van der Waals surface area contributed by atoms with Gasteiger partial charge in [-0.1, -0.05) is 64.7 Å². The number of nitrogens with two attached hydrogens (primary N) is 1. The second-order valence-corrected chi connectivity index (χ2v) is 5.52. The first-order chi connectivity index (χ1) is 9.13. The third-order valence-corrected chi connectivity index (χ3v) is 3.65. The molecule has 0 aromatic rings. The molecule has 0 saturated carbocycles. The Balaban J connectivity index is 3.34. The Morgan fingerprint density at radius 3 is 1.79 bits per heavy atom. The Kier molecular flexibility index (Phi) is 12.7. The van der Waals surface area contributed by atoms with Crippen LogP contribution < -0.4 is 5.73 Å². The van der Waals surface area contributed by atoms with Gasteiger partial charge < -0.3 is 21.1 Å². The van der Waals surface area contributed by atoms with Gasteiger partial charge in [-0.3, -0.25) is 0 Å². The minimum absolute atomic E-state index is 0.296. The van der Waals surface area contributed by atoms with Crippen molar-refractivity contribution in [1.29, 1.82) is 0 Å². The van der Waals surface area contributed by atoms with Crippen LogP contribution in [0.1, 0.15) is 71.1 Å². The van der Waals surface area contributed by atoms with Crippen molar-refractivity contribution < 1.29 is 15.3 Å². The Labute approximate surface area is 118 Å². The van der Waals surface area contributed by atoms with Crippen LogP contribution in [0.15, 0.2) is 0 Å². The van der Waals surface area contributed by atoms with Crippen LogP contribution in [-0.2, 0) is 0 Å². The predicted molar refractivity (Wildman–Crippen MR) is 78.9 cm³/mol. The summed E-state index contributed by atoms with van der Waals surface area (Å²) < 4.78 is 0. The zero-order valence-electron chi connectivity index (χ0n) is 12.4. The molecular weight excluding hydrogens is 242 g/mol. The maximum Gasteiger partial charge on any atom is 0.0971 e. The lowest BCUT2D eigenvalue weighted by Crippen LogP contribution is -2.45. The summed E-state index contributed by atoms with van der Waals surface area (Å²) in [6.07, 6.45) is 9.81. The smallest absolute Gasteiger partial charge is 0.0971 e. The molecular formula is C15H33NO3. The summed E-state index contributed by atoms with van der Waals surface area (Å²) in [6, 6.07) is -0.742. The van der Waals surface area contributed by atoms with Crippen LogP contribution >= 0.6 is 0 Å². The predicted octanol–water partition coefficient (Wildman–Crippen LogP) is 1.95. The van der Waals surface area contributed by atoms with E-state index in [1.165, 1.54) is 44.9 Å². The van der Waals surface area contributed by atoms with Crippen LogP contribution in [-0.4, -0.2) is 40.2 Å². The third-order valence-electron chi connectivity index (χ3n) is 3.65. The number of unbranched alkanes of at least 4 members (excludes halogenated alkanes) is 8. The van der Waals surface area contributed by atoms with Crippen LogP contribution in [0.4, 0.5) is 0 Å². The fourth-order valence-electron chi connectivity index (χ4n) is 2.23. The average Bonchev–Trinajstić information content (AvgIpc) is 2.43. The molecule has 0 amide bonds. The molecule has 3 unspecified atom stereocenters. The van der Waals surface area contributed by atoms with E-state index in [2.05, 4.69) is 6.92 Å². The van der Waals surface area contributed by atoms with Crippen molar-refractivity contribution in [2.75, 3.05) is 6.61 Å². The van der Waals surface area contributed by atoms with E-state index in [4.69, 9.17) is 10.8 Å².